The number of pyridine rings is 1. The summed E-state index contributed by atoms with van der Waals surface area (Å²) < 4.78 is 20.2. The van der Waals surface area contributed by atoms with Crippen molar-refractivity contribution in [1.82, 2.24) is 24.8 Å². The number of hydrogen-bond donors (Lipinski definition) is 0. The van der Waals surface area contributed by atoms with Gasteiger partial charge in [0.25, 0.3) is 0 Å². The zero-order valence-corrected chi connectivity index (χ0v) is 14.8. The van der Waals surface area contributed by atoms with Crippen molar-refractivity contribution in [3.63, 3.8) is 0 Å². The fraction of sp³-hybridized carbons (Fsp3) is 0.150. The first-order valence-corrected chi connectivity index (χ1v) is 8.52. The summed E-state index contributed by atoms with van der Waals surface area (Å²) in [6, 6.07) is 13.8. The Bertz CT molecular complexity index is 1010. The van der Waals surface area contributed by atoms with E-state index in [-0.39, 0.29) is 5.82 Å². The molecule has 3 heterocycles. The molecule has 1 aromatic carbocycles. The molecule has 136 valence electrons. The zero-order chi connectivity index (χ0) is 18.6. The van der Waals surface area contributed by atoms with Crippen LogP contribution in [0.15, 0.2) is 71.6 Å². The molecule has 0 aliphatic heterocycles. The predicted molar refractivity (Wildman–Crippen MR) is 98.4 cm³/mol. The lowest BCUT2D eigenvalue weighted by Crippen LogP contribution is -2.16. The van der Waals surface area contributed by atoms with Gasteiger partial charge in [0, 0.05) is 30.6 Å². The average Bonchev–Trinajstić information content (AvgIpc) is 3.33. The lowest BCUT2D eigenvalue weighted by molar-refractivity contribution is 0.267. The second-order valence-electron chi connectivity index (χ2n) is 6.34. The van der Waals surface area contributed by atoms with Gasteiger partial charge in [-0.3, -0.25) is 9.88 Å². The highest BCUT2D eigenvalue weighted by atomic mass is 19.1. The van der Waals surface area contributed by atoms with Crippen LogP contribution < -0.4 is 0 Å². The van der Waals surface area contributed by atoms with Crippen LogP contribution in [0.5, 0.6) is 0 Å². The molecule has 0 saturated heterocycles. The van der Waals surface area contributed by atoms with Gasteiger partial charge in [-0.2, -0.15) is 5.10 Å². The van der Waals surface area contributed by atoms with Gasteiger partial charge in [-0.05, 0) is 43.4 Å². The molecule has 0 unspecified atom stereocenters. The van der Waals surface area contributed by atoms with Gasteiger partial charge in [0.1, 0.15) is 11.5 Å². The van der Waals surface area contributed by atoms with Crippen molar-refractivity contribution >= 4 is 0 Å². The van der Waals surface area contributed by atoms with E-state index in [0.717, 1.165) is 28.4 Å². The Hall–Kier alpha value is -3.32. The van der Waals surface area contributed by atoms with Crippen LogP contribution >= 0.6 is 0 Å². The van der Waals surface area contributed by atoms with E-state index in [1.807, 2.05) is 37.5 Å². The van der Waals surface area contributed by atoms with Crippen LogP contribution in [0.2, 0.25) is 0 Å². The van der Waals surface area contributed by atoms with Crippen LogP contribution in [0.4, 0.5) is 4.39 Å². The zero-order valence-electron chi connectivity index (χ0n) is 14.8. The SMILES string of the molecule is CN(Cc1cnn(-c2ccc(F)cc2)c1)Cc1cc(-c2ccccn2)no1. The predicted octanol–water partition coefficient (Wildman–Crippen LogP) is 3.69. The van der Waals surface area contributed by atoms with Gasteiger partial charge >= 0.3 is 0 Å². The van der Waals surface area contributed by atoms with Crippen LogP contribution in [-0.4, -0.2) is 31.9 Å². The third kappa shape index (κ3) is 4.09. The molecule has 0 saturated carbocycles. The minimum atomic E-state index is -0.261. The highest BCUT2D eigenvalue weighted by Gasteiger charge is 2.11. The highest BCUT2D eigenvalue weighted by Crippen LogP contribution is 2.18. The van der Waals surface area contributed by atoms with E-state index in [1.165, 1.54) is 12.1 Å². The third-order valence-electron chi connectivity index (χ3n) is 4.09. The Kier molecular flexibility index (Phi) is 4.76. The Balaban J connectivity index is 1.39. The molecule has 0 aliphatic carbocycles. The number of aromatic nitrogens is 4. The molecule has 0 N–H and O–H groups in total. The van der Waals surface area contributed by atoms with Gasteiger partial charge in [0.15, 0.2) is 5.76 Å². The first kappa shape index (κ1) is 17.1. The molecule has 3 aromatic heterocycles. The summed E-state index contributed by atoms with van der Waals surface area (Å²) in [7, 11) is 2.00. The lowest BCUT2D eigenvalue weighted by atomic mass is 10.2. The maximum atomic E-state index is 13.0. The van der Waals surface area contributed by atoms with E-state index in [9.17, 15) is 4.39 Å². The Labute approximate surface area is 155 Å². The topological polar surface area (TPSA) is 60.0 Å². The minimum absolute atomic E-state index is 0.261. The Morgan fingerprint density at radius 1 is 1.07 bits per heavy atom. The van der Waals surface area contributed by atoms with Crippen molar-refractivity contribution < 1.29 is 8.91 Å². The van der Waals surface area contributed by atoms with Crippen molar-refractivity contribution in [2.75, 3.05) is 7.05 Å². The van der Waals surface area contributed by atoms with Crippen molar-refractivity contribution in [2.45, 2.75) is 13.1 Å². The van der Waals surface area contributed by atoms with Gasteiger partial charge in [0.05, 0.1) is 24.1 Å². The summed E-state index contributed by atoms with van der Waals surface area (Å²) in [5.74, 6) is 0.507. The fourth-order valence-electron chi connectivity index (χ4n) is 2.83. The number of benzene rings is 1. The maximum absolute atomic E-state index is 13.0. The first-order chi connectivity index (χ1) is 13.2. The normalized spacial score (nSPS) is 11.2. The van der Waals surface area contributed by atoms with Gasteiger partial charge < -0.3 is 4.52 Å². The number of rotatable bonds is 6. The summed E-state index contributed by atoms with van der Waals surface area (Å²) in [6.45, 7) is 1.31. The second-order valence-corrected chi connectivity index (χ2v) is 6.34. The molecule has 0 bridgehead atoms. The molecule has 6 nitrogen and oxygen atoms in total. The molecule has 0 fully saturated rings. The van der Waals surface area contributed by atoms with Gasteiger partial charge in [0.2, 0.25) is 0 Å². The molecule has 7 heteroatoms. The van der Waals surface area contributed by atoms with Crippen molar-refractivity contribution in [3.05, 3.63) is 84.3 Å². The van der Waals surface area contributed by atoms with Crippen LogP contribution in [0.3, 0.4) is 0 Å². The Morgan fingerprint density at radius 2 is 1.93 bits per heavy atom. The summed E-state index contributed by atoms with van der Waals surface area (Å²) in [5.41, 5.74) is 3.38. The van der Waals surface area contributed by atoms with Crippen molar-refractivity contribution in [2.24, 2.45) is 0 Å². The quantitative estimate of drug-likeness (QED) is 0.523. The van der Waals surface area contributed by atoms with Crippen LogP contribution in [0, 0.1) is 5.82 Å². The number of hydrogen-bond acceptors (Lipinski definition) is 5. The molecule has 0 spiro atoms. The third-order valence-corrected chi connectivity index (χ3v) is 4.09. The van der Waals surface area contributed by atoms with Crippen molar-refractivity contribution in [3.8, 4) is 17.1 Å². The maximum Gasteiger partial charge on any atom is 0.151 e. The molecule has 27 heavy (non-hydrogen) atoms. The Morgan fingerprint density at radius 3 is 2.70 bits per heavy atom. The largest absolute Gasteiger partial charge is 0.359 e. The molecule has 0 radical (unpaired) electrons. The monoisotopic (exact) mass is 363 g/mol. The molecule has 4 rings (SSSR count). The smallest absolute Gasteiger partial charge is 0.151 e. The molecular formula is C20H18FN5O. The highest BCUT2D eigenvalue weighted by molar-refractivity contribution is 5.52. The fourth-order valence-corrected chi connectivity index (χ4v) is 2.83. The van der Waals surface area contributed by atoms with Crippen LogP contribution in [-0.2, 0) is 13.1 Å². The summed E-state index contributed by atoms with van der Waals surface area (Å²) in [6.07, 6.45) is 5.47. The number of nitrogens with zero attached hydrogens (tertiary/aromatic N) is 5. The van der Waals surface area contributed by atoms with Crippen LogP contribution in [0.1, 0.15) is 11.3 Å². The molecule has 0 amide bonds. The summed E-state index contributed by atoms with van der Waals surface area (Å²) in [5, 5.41) is 8.43. The van der Waals surface area contributed by atoms with E-state index in [1.54, 1.807) is 29.2 Å². The second kappa shape index (κ2) is 7.51. The van der Waals surface area contributed by atoms with E-state index in [0.29, 0.717) is 13.1 Å². The lowest BCUT2D eigenvalue weighted by Gasteiger charge is -2.12. The molecule has 4 aromatic rings. The van der Waals surface area contributed by atoms with Gasteiger partial charge in [-0.1, -0.05) is 11.2 Å². The summed E-state index contributed by atoms with van der Waals surface area (Å²) >= 11 is 0. The van der Waals surface area contributed by atoms with E-state index in [4.69, 9.17) is 4.52 Å². The van der Waals surface area contributed by atoms with Crippen LogP contribution in [0.25, 0.3) is 17.1 Å². The minimum Gasteiger partial charge on any atom is -0.359 e. The van der Waals surface area contributed by atoms with Gasteiger partial charge in [-0.25, -0.2) is 9.07 Å². The standard InChI is InChI=1S/C20H18FN5O/c1-25(14-18-10-20(24-27-18)19-4-2-3-9-22-19)12-15-11-23-26(13-15)17-7-5-16(21)6-8-17/h2-11,13H,12,14H2,1H3. The van der Waals surface area contributed by atoms with E-state index >= 15 is 0 Å². The van der Waals surface area contributed by atoms with Gasteiger partial charge in [-0.15, -0.1) is 0 Å². The molecular weight excluding hydrogens is 345 g/mol. The van der Waals surface area contributed by atoms with E-state index in [2.05, 4.69) is 20.1 Å². The molecule has 0 aliphatic rings. The average molecular weight is 363 g/mol. The van der Waals surface area contributed by atoms with E-state index < -0.39 is 0 Å². The van der Waals surface area contributed by atoms with Crippen molar-refractivity contribution in [1.29, 1.82) is 0 Å². The molecule has 0 atom stereocenters. The number of halogens is 1. The summed E-state index contributed by atoms with van der Waals surface area (Å²) in [4.78, 5) is 6.38. The first-order valence-electron chi connectivity index (χ1n) is 8.52.